The molecule has 8 aromatic carbocycles. The lowest BCUT2D eigenvalue weighted by Crippen LogP contribution is -2.13. The predicted molar refractivity (Wildman–Crippen MR) is 238 cm³/mol. The largest absolute Gasteiger partial charge is 0.456 e. The van der Waals surface area contributed by atoms with Gasteiger partial charge in [0.15, 0.2) is 0 Å². The number of rotatable bonds is 5. The van der Waals surface area contributed by atoms with Gasteiger partial charge in [-0.3, -0.25) is 0 Å². The minimum atomic E-state index is 0.861. The van der Waals surface area contributed by atoms with Gasteiger partial charge in [-0.15, -0.1) is 0 Å². The van der Waals surface area contributed by atoms with Crippen LogP contribution in [0.25, 0.3) is 65.4 Å². The second kappa shape index (κ2) is 12.5. The fourth-order valence-electron chi connectivity index (χ4n) is 8.69. The van der Waals surface area contributed by atoms with Gasteiger partial charge in [0.2, 0.25) is 0 Å². The fraction of sp³-hybridized carbons (Fsp3) is 0.154. The summed E-state index contributed by atoms with van der Waals surface area (Å²) in [5.74, 6) is 0. The minimum Gasteiger partial charge on any atom is -0.456 e. The highest BCUT2D eigenvalue weighted by Crippen LogP contribution is 2.46. The van der Waals surface area contributed by atoms with E-state index < -0.39 is 0 Å². The van der Waals surface area contributed by atoms with Crippen molar-refractivity contribution in [1.82, 2.24) is 0 Å². The van der Waals surface area contributed by atoms with Crippen LogP contribution in [0, 0.1) is 55.4 Å². The molecule has 4 nitrogen and oxygen atoms in total. The summed E-state index contributed by atoms with van der Waals surface area (Å²) < 4.78 is 13.7. The molecule has 0 aliphatic carbocycles. The lowest BCUT2D eigenvalue weighted by molar-refractivity contribution is 0.660. The van der Waals surface area contributed by atoms with E-state index in [4.69, 9.17) is 8.83 Å². The van der Waals surface area contributed by atoms with E-state index in [9.17, 15) is 0 Å². The van der Waals surface area contributed by atoms with Crippen molar-refractivity contribution in [3.8, 4) is 0 Å². The van der Waals surface area contributed by atoms with Crippen LogP contribution < -0.4 is 10.2 Å². The number of hydrogen-bond donors (Lipinski definition) is 1. The zero-order valence-electron chi connectivity index (χ0n) is 33.2. The van der Waals surface area contributed by atoms with Crippen molar-refractivity contribution in [3.63, 3.8) is 0 Å². The Bertz CT molecular complexity index is 3220. The molecule has 56 heavy (non-hydrogen) atoms. The van der Waals surface area contributed by atoms with E-state index in [1.807, 2.05) is 0 Å². The molecule has 10 aromatic rings. The van der Waals surface area contributed by atoms with Crippen molar-refractivity contribution >= 4 is 93.9 Å². The first-order valence-corrected chi connectivity index (χ1v) is 19.5. The Labute approximate surface area is 327 Å². The van der Waals surface area contributed by atoms with E-state index in [0.717, 1.165) is 82.7 Å². The van der Waals surface area contributed by atoms with E-state index >= 15 is 0 Å². The number of hydrogen-bond acceptors (Lipinski definition) is 4. The Morgan fingerprint density at radius 1 is 0.429 bits per heavy atom. The summed E-state index contributed by atoms with van der Waals surface area (Å²) in [6, 6.07) is 41.9. The summed E-state index contributed by atoms with van der Waals surface area (Å²) in [5.41, 5.74) is 19.1. The normalized spacial score (nSPS) is 11.9. The molecule has 2 heterocycles. The smallest absolute Gasteiger partial charge is 0.147 e. The summed E-state index contributed by atoms with van der Waals surface area (Å²) >= 11 is 0. The quantitative estimate of drug-likeness (QED) is 0.192. The van der Waals surface area contributed by atoms with Crippen molar-refractivity contribution < 1.29 is 8.83 Å². The Morgan fingerprint density at radius 2 is 0.982 bits per heavy atom. The van der Waals surface area contributed by atoms with Gasteiger partial charge in [-0.1, -0.05) is 48.5 Å². The van der Waals surface area contributed by atoms with E-state index in [1.165, 1.54) is 55.7 Å². The third-order valence-electron chi connectivity index (χ3n) is 12.6. The fourth-order valence-corrected chi connectivity index (χ4v) is 8.69. The average molecular weight is 729 g/mol. The molecular formula is C52H44N2O2. The van der Waals surface area contributed by atoms with Crippen LogP contribution in [0.5, 0.6) is 0 Å². The molecule has 274 valence electrons. The lowest BCUT2D eigenvalue weighted by Gasteiger charge is -2.30. The summed E-state index contributed by atoms with van der Waals surface area (Å²) in [4.78, 5) is 2.41. The minimum absolute atomic E-state index is 0.861. The maximum absolute atomic E-state index is 6.95. The van der Waals surface area contributed by atoms with Gasteiger partial charge >= 0.3 is 0 Å². The van der Waals surface area contributed by atoms with Gasteiger partial charge in [-0.05, 0) is 188 Å². The molecule has 0 unspecified atom stereocenters. The van der Waals surface area contributed by atoms with Gasteiger partial charge < -0.3 is 19.1 Å². The van der Waals surface area contributed by atoms with Crippen LogP contribution >= 0.6 is 0 Å². The Kier molecular flexibility index (Phi) is 7.59. The maximum atomic E-state index is 6.95. The van der Waals surface area contributed by atoms with Crippen molar-refractivity contribution in [3.05, 3.63) is 160 Å². The SMILES string of the molecule is Cc1cccc(Nc2ccc3cc4c(cc3c2)oc2c(C)c(C)c3c5cc6ccc(N(c7cccc(C)c7C)c7cccc(C)c7C)cc6cc5oc3c24)c1C. The number of benzene rings is 8. The third kappa shape index (κ3) is 5.12. The van der Waals surface area contributed by atoms with Gasteiger partial charge in [0.05, 0.1) is 5.39 Å². The van der Waals surface area contributed by atoms with Crippen LogP contribution in [-0.2, 0) is 0 Å². The molecule has 0 amide bonds. The highest BCUT2D eigenvalue weighted by molar-refractivity contribution is 6.26. The van der Waals surface area contributed by atoms with Gasteiger partial charge in [0, 0.05) is 44.6 Å². The zero-order valence-corrected chi connectivity index (χ0v) is 33.2. The van der Waals surface area contributed by atoms with Crippen LogP contribution in [0.4, 0.5) is 28.4 Å². The molecule has 4 heteroatoms. The van der Waals surface area contributed by atoms with Crippen LogP contribution in [-0.4, -0.2) is 0 Å². The van der Waals surface area contributed by atoms with Crippen LogP contribution in [0.1, 0.15) is 44.5 Å². The molecule has 0 saturated heterocycles. The van der Waals surface area contributed by atoms with Crippen LogP contribution in [0.15, 0.2) is 124 Å². The molecule has 10 rings (SSSR count). The monoisotopic (exact) mass is 728 g/mol. The standard InChI is InChI=1S/C52H44N2O2/c1-28-12-9-15-44(31(28)4)53-40-20-18-36-25-43-48(26-38(36)22-40)55-51-35(8)34(7)49-42-24-37-19-21-41(23-39(37)27-47(42)56-52(49)50(43)51)54(45-16-10-13-29(2)32(45)5)46-17-11-14-30(3)33(46)6/h9-27,53H,1-8H3. The number of anilines is 5. The molecule has 0 aliphatic heterocycles. The van der Waals surface area contributed by atoms with Crippen molar-refractivity contribution in [1.29, 1.82) is 0 Å². The highest BCUT2D eigenvalue weighted by Gasteiger charge is 2.23. The predicted octanol–water partition coefficient (Wildman–Crippen LogP) is 15.5. The Hall–Kier alpha value is -6.52. The number of furan rings is 2. The molecule has 0 bridgehead atoms. The van der Waals surface area contributed by atoms with E-state index in [-0.39, 0.29) is 0 Å². The second-order valence-corrected chi connectivity index (χ2v) is 15.8. The summed E-state index contributed by atoms with van der Waals surface area (Å²) in [7, 11) is 0. The third-order valence-corrected chi connectivity index (χ3v) is 12.6. The Morgan fingerprint density at radius 3 is 1.64 bits per heavy atom. The maximum Gasteiger partial charge on any atom is 0.147 e. The summed E-state index contributed by atoms with van der Waals surface area (Å²) in [6.07, 6.45) is 0. The van der Waals surface area contributed by atoms with E-state index in [1.54, 1.807) is 0 Å². The summed E-state index contributed by atoms with van der Waals surface area (Å²) in [6.45, 7) is 17.5. The molecule has 0 saturated carbocycles. The first kappa shape index (κ1) is 34.0. The molecular weight excluding hydrogens is 685 g/mol. The molecule has 0 spiro atoms. The van der Waals surface area contributed by atoms with Crippen LogP contribution in [0.2, 0.25) is 0 Å². The molecule has 1 N–H and O–H groups in total. The number of nitrogens with one attached hydrogen (secondary N) is 1. The zero-order chi connectivity index (χ0) is 38.6. The molecule has 0 radical (unpaired) electrons. The molecule has 2 aromatic heterocycles. The Balaban J connectivity index is 1.14. The second-order valence-electron chi connectivity index (χ2n) is 15.8. The molecule has 0 fully saturated rings. The number of aryl methyl sites for hydroxylation is 5. The van der Waals surface area contributed by atoms with Crippen molar-refractivity contribution in [2.75, 3.05) is 10.2 Å². The van der Waals surface area contributed by atoms with E-state index in [0.29, 0.717) is 0 Å². The van der Waals surface area contributed by atoms with Gasteiger partial charge in [-0.2, -0.15) is 0 Å². The van der Waals surface area contributed by atoms with Gasteiger partial charge in [0.1, 0.15) is 22.3 Å². The van der Waals surface area contributed by atoms with Crippen molar-refractivity contribution in [2.45, 2.75) is 55.4 Å². The lowest BCUT2D eigenvalue weighted by atomic mass is 9.96. The number of nitrogens with zero attached hydrogens (tertiary/aromatic N) is 1. The van der Waals surface area contributed by atoms with Gasteiger partial charge in [-0.25, -0.2) is 0 Å². The first-order valence-electron chi connectivity index (χ1n) is 19.5. The van der Waals surface area contributed by atoms with E-state index in [2.05, 4.69) is 181 Å². The molecule has 0 aliphatic rings. The summed E-state index contributed by atoms with van der Waals surface area (Å²) in [5, 5.41) is 12.6. The molecule has 0 atom stereocenters. The topological polar surface area (TPSA) is 41.6 Å². The van der Waals surface area contributed by atoms with Gasteiger partial charge in [0.25, 0.3) is 0 Å². The number of fused-ring (bicyclic) bond motifs is 9. The van der Waals surface area contributed by atoms with Crippen LogP contribution in [0.3, 0.4) is 0 Å². The first-order chi connectivity index (χ1) is 27.0. The van der Waals surface area contributed by atoms with Crippen molar-refractivity contribution in [2.24, 2.45) is 0 Å². The average Bonchev–Trinajstić information content (AvgIpc) is 3.75. The highest BCUT2D eigenvalue weighted by atomic mass is 16.3.